The molecule has 0 saturated heterocycles. The Kier molecular flexibility index (Phi) is 5.94. The fourth-order valence-electron chi connectivity index (χ4n) is 1.32. The monoisotopic (exact) mass is 318 g/mol. The van der Waals surface area contributed by atoms with Gasteiger partial charge in [-0.1, -0.05) is 0 Å². The smallest absolute Gasteiger partial charge is 0.270 e. The van der Waals surface area contributed by atoms with E-state index in [1.54, 1.807) is 18.3 Å². The van der Waals surface area contributed by atoms with Gasteiger partial charge in [0.2, 0.25) is 0 Å². The average molecular weight is 319 g/mol. The summed E-state index contributed by atoms with van der Waals surface area (Å²) in [5, 5.41) is 11.9. The number of aromatic nitrogens is 1. The summed E-state index contributed by atoms with van der Waals surface area (Å²) in [6.07, 6.45) is 3.49. The number of aliphatic hydroxyl groups is 1. The Labute approximate surface area is 113 Å². The van der Waals surface area contributed by atoms with Crippen LogP contribution in [0.5, 0.6) is 0 Å². The predicted molar refractivity (Wildman–Crippen MR) is 73.3 cm³/mol. The molecule has 0 aromatic carbocycles. The third-order valence-corrected chi connectivity index (χ3v) is 3.99. The SMILES string of the molecule is CS[C@H](CO)[C@@H](C)NC(=O)c1ccc(Br)cn1. The van der Waals surface area contributed by atoms with Gasteiger partial charge in [-0.2, -0.15) is 11.8 Å². The van der Waals surface area contributed by atoms with E-state index >= 15 is 0 Å². The first-order chi connectivity index (χ1) is 8.08. The van der Waals surface area contributed by atoms with Crippen molar-refractivity contribution in [1.29, 1.82) is 0 Å². The van der Waals surface area contributed by atoms with E-state index in [-0.39, 0.29) is 23.8 Å². The predicted octanol–water partition coefficient (Wildman–Crippen LogP) is 1.69. The third kappa shape index (κ3) is 4.29. The molecule has 2 atom stereocenters. The van der Waals surface area contributed by atoms with E-state index in [9.17, 15) is 4.79 Å². The third-order valence-electron chi connectivity index (χ3n) is 2.36. The van der Waals surface area contributed by atoms with Crippen molar-refractivity contribution in [3.63, 3.8) is 0 Å². The number of amides is 1. The first kappa shape index (κ1) is 14.5. The molecular weight excluding hydrogens is 304 g/mol. The van der Waals surface area contributed by atoms with Crippen molar-refractivity contribution in [3.8, 4) is 0 Å². The highest BCUT2D eigenvalue weighted by Gasteiger charge is 2.18. The molecular formula is C11H15BrN2O2S. The molecule has 0 unspecified atom stereocenters. The summed E-state index contributed by atoms with van der Waals surface area (Å²) >= 11 is 4.79. The van der Waals surface area contributed by atoms with Crippen LogP contribution in [0.3, 0.4) is 0 Å². The van der Waals surface area contributed by atoms with Crippen LogP contribution in [0.15, 0.2) is 22.8 Å². The van der Waals surface area contributed by atoms with Crippen molar-refractivity contribution in [2.75, 3.05) is 12.9 Å². The molecule has 0 aliphatic rings. The van der Waals surface area contributed by atoms with Crippen LogP contribution in [0, 0.1) is 0 Å². The number of aliphatic hydroxyl groups excluding tert-OH is 1. The van der Waals surface area contributed by atoms with Gasteiger partial charge in [-0.05, 0) is 41.2 Å². The Morgan fingerprint density at radius 2 is 2.35 bits per heavy atom. The fraction of sp³-hybridized carbons (Fsp3) is 0.455. The summed E-state index contributed by atoms with van der Waals surface area (Å²) in [7, 11) is 0. The second-order valence-corrected chi connectivity index (χ2v) is 5.57. The van der Waals surface area contributed by atoms with Crippen LogP contribution < -0.4 is 5.32 Å². The van der Waals surface area contributed by atoms with Crippen molar-refractivity contribution < 1.29 is 9.90 Å². The Hall–Kier alpha value is -0.590. The van der Waals surface area contributed by atoms with Gasteiger partial charge in [0.15, 0.2) is 0 Å². The highest BCUT2D eigenvalue weighted by atomic mass is 79.9. The number of pyridine rings is 1. The second kappa shape index (κ2) is 6.98. The molecule has 0 radical (unpaired) electrons. The lowest BCUT2D eigenvalue weighted by Crippen LogP contribution is -2.41. The van der Waals surface area contributed by atoms with E-state index in [0.29, 0.717) is 5.69 Å². The van der Waals surface area contributed by atoms with Gasteiger partial charge in [0.05, 0.1) is 6.61 Å². The molecule has 6 heteroatoms. The van der Waals surface area contributed by atoms with Crippen LogP contribution in [0.4, 0.5) is 0 Å². The summed E-state index contributed by atoms with van der Waals surface area (Å²) in [6, 6.07) is 3.32. The van der Waals surface area contributed by atoms with Crippen LogP contribution in [-0.2, 0) is 0 Å². The lowest BCUT2D eigenvalue weighted by molar-refractivity contribution is 0.0931. The molecule has 1 rings (SSSR count). The van der Waals surface area contributed by atoms with Crippen molar-refractivity contribution in [2.45, 2.75) is 18.2 Å². The number of hydrogen-bond donors (Lipinski definition) is 2. The van der Waals surface area contributed by atoms with Crippen molar-refractivity contribution in [1.82, 2.24) is 10.3 Å². The lowest BCUT2D eigenvalue weighted by Gasteiger charge is -2.20. The van der Waals surface area contributed by atoms with Gasteiger partial charge < -0.3 is 10.4 Å². The van der Waals surface area contributed by atoms with E-state index < -0.39 is 0 Å². The molecule has 0 saturated carbocycles. The number of carbonyl (C=O) groups is 1. The zero-order chi connectivity index (χ0) is 12.8. The number of halogens is 1. The molecule has 1 aromatic rings. The summed E-state index contributed by atoms with van der Waals surface area (Å²) in [5.74, 6) is -0.225. The standard InChI is InChI=1S/C11H15BrN2O2S/c1-7(10(6-15)17-2)14-11(16)9-4-3-8(12)5-13-9/h3-5,7,10,15H,6H2,1-2H3,(H,14,16)/t7-,10-/m1/s1. The number of nitrogens with zero attached hydrogens (tertiary/aromatic N) is 1. The Morgan fingerprint density at radius 1 is 1.65 bits per heavy atom. The maximum absolute atomic E-state index is 11.8. The maximum atomic E-state index is 11.8. The number of thioether (sulfide) groups is 1. The summed E-state index contributed by atoms with van der Waals surface area (Å²) in [6.45, 7) is 1.91. The highest BCUT2D eigenvalue weighted by molar-refractivity contribution is 9.10. The number of hydrogen-bond acceptors (Lipinski definition) is 4. The Morgan fingerprint density at radius 3 is 2.82 bits per heavy atom. The van der Waals surface area contributed by atoms with E-state index in [1.807, 2.05) is 13.2 Å². The van der Waals surface area contributed by atoms with E-state index in [1.165, 1.54) is 11.8 Å². The van der Waals surface area contributed by atoms with Crippen molar-refractivity contribution in [2.24, 2.45) is 0 Å². The zero-order valence-electron chi connectivity index (χ0n) is 9.68. The molecule has 0 spiro atoms. The van der Waals surface area contributed by atoms with Gasteiger partial charge in [-0.3, -0.25) is 4.79 Å². The molecule has 1 heterocycles. The summed E-state index contributed by atoms with van der Waals surface area (Å²) < 4.78 is 0.833. The summed E-state index contributed by atoms with van der Waals surface area (Å²) in [4.78, 5) is 15.8. The molecule has 94 valence electrons. The van der Waals surface area contributed by atoms with Gasteiger partial charge >= 0.3 is 0 Å². The molecule has 17 heavy (non-hydrogen) atoms. The number of rotatable bonds is 5. The van der Waals surface area contributed by atoms with Crippen LogP contribution in [0.1, 0.15) is 17.4 Å². The Bertz CT molecular complexity index is 368. The molecule has 1 amide bonds. The average Bonchev–Trinajstić information content (AvgIpc) is 2.31. The molecule has 0 fully saturated rings. The first-order valence-electron chi connectivity index (χ1n) is 5.14. The van der Waals surface area contributed by atoms with Gasteiger partial charge in [-0.25, -0.2) is 4.98 Å². The second-order valence-electron chi connectivity index (χ2n) is 3.58. The lowest BCUT2D eigenvalue weighted by atomic mass is 10.2. The molecule has 4 nitrogen and oxygen atoms in total. The van der Waals surface area contributed by atoms with Crippen molar-refractivity contribution >= 4 is 33.6 Å². The number of nitrogens with one attached hydrogen (secondary N) is 1. The molecule has 0 aliphatic heterocycles. The largest absolute Gasteiger partial charge is 0.395 e. The van der Waals surface area contributed by atoms with Crippen LogP contribution in [0.25, 0.3) is 0 Å². The van der Waals surface area contributed by atoms with Crippen LogP contribution in [-0.4, -0.2) is 40.2 Å². The van der Waals surface area contributed by atoms with Crippen LogP contribution in [0.2, 0.25) is 0 Å². The Balaban J connectivity index is 2.62. The van der Waals surface area contributed by atoms with Gasteiger partial charge in [0.25, 0.3) is 5.91 Å². The minimum absolute atomic E-state index is 0.00519. The maximum Gasteiger partial charge on any atom is 0.270 e. The topological polar surface area (TPSA) is 62.2 Å². The van der Waals surface area contributed by atoms with Gasteiger partial charge in [0.1, 0.15) is 5.69 Å². The van der Waals surface area contributed by atoms with E-state index in [4.69, 9.17) is 5.11 Å². The zero-order valence-corrected chi connectivity index (χ0v) is 12.1. The van der Waals surface area contributed by atoms with Crippen LogP contribution >= 0.6 is 27.7 Å². The summed E-state index contributed by atoms with van der Waals surface area (Å²) in [5.41, 5.74) is 0.373. The number of carbonyl (C=O) groups excluding carboxylic acids is 1. The van der Waals surface area contributed by atoms with Gasteiger partial charge in [0, 0.05) is 22.0 Å². The highest BCUT2D eigenvalue weighted by Crippen LogP contribution is 2.11. The van der Waals surface area contributed by atoms with E-state index in [0.717, 1.165) is 4.47 Å². The molecule has 2 N–H and O–H groups in total. The fourth-order valence-corrected chi connectivity index (χ4v) is 2.18. The minimum atomic E-state index is -0.225. The molecule has 0 bridgehead atoms. The first-order valence-corrected chi connectivity index (χ1v) is 7.22. The van der Waals surface area contributed by atoms with E-state index in [2.05, 4.69) is 26.2 Å². The minimum Gasteiger partial charge on any atom is -0.395 e. The van der Waals surface area contributed by atoms with Gasteiger partial charge in [-0.15, -0.1) is 0 Å². The molecule has 1 aromatic heterocycles. The van der Waals surface area contributed by atoms with Crippen molar-refractivity contribution in [3.05, 3.63) is 28.5 Å². The normalized spacial score (nSPS) is 14.1. The molecule has 0 aliphatic carbocycles. The quantitative estimate of drug-likeness (QED) is 0.867.